The summed E-state index contributed by atoms with van der Waals surface area (Å²) in [5, 5.41) is 7.72. The number of nitrogens with one attached hydrogen (secondary N) is 1. The van der Waals surface area contributed by atoms with Crippen LogP contribution in [0.1, 0.15) is 35.8 Å². The van der Waals surface area contributed by atoms with Crippen molar-refractivity contribution in [1.29, 1.82) is 0 Å². The molecule has 0 spiro atoms. The van der Waals surface area contributed by atoms with Crippen molar-refractivity contribution in [3.63, 3.8) is 0 Å². The molecule has 0 radical (unpaired) electrons. The van der Waals surface area contributed by atoms with Gasteiger partial charge >= 0.3 is 0 Å². The van der Waals surface area contributed by atoms with Gasteiger partial charge in [-0.3, -0.25) is 14.3 Å². The second-order valence-corrected chi connectivity index (χ2v) is 8.65. The third kappa shape index (κ3) is 3.53. The molecule has 1 fully saturated rings. The van der Waals surface area contributed by atoms with E-state index in [0.29, 0.717) is 24.5 Å². The van der Waals surface area contributed by atoms with E-state index in [0.717, 1.165) is 29.7 Å². The van der Waals surface area contributed by atoms with Gasteiger partial charge in [0.15, 0.2) is 0 Å². The molecule has 5 rings (SSSR count). The Morgan fingerprint density at radius 3 is 2.53 bits per heavy atom. The van der Waals surface area contributed by atoms with Crippen LogP contribution in [-0.2, 0) is 17.9 Å². The molecular formula is C25H26N4O3. The number of amides is 2. The molecule has 1 saturated carbocycles. The Morgan fingerprint density at radius 1 is 1.16 bits per heavy atom. The third-order valence-electron chi connectivity index (χ3n) is 6.29. The van der Waals surface area contributed by atoms with Crippen LogP contribution < -0.4 is 10.1 Å². The summed E-state index contributed by atoms with van der Waals surface area (Å²) in [4.78, 5) is 28.7. The van der Waals surface area contributed by atoms with Crippen molar-refractivity contribution in [2.45, 2.75) is 44.4 Å². The molecule has 2 aromatic carbocycles. The molecule has 2 aliphatic rings. The van der Waals surface area contributed by atoms with Gasteiger partial charge in [-0.1, -0.05) is 30.3 Å². The van der Waals surface area contributed by atoms with Crippen LogP contribution in [0, 0.1) is 0 Å². The largest absolute Gasteiger partial charge is 0.497 e. The van der Waals surface area contributed by atoms with Gasteiger partial charge < -0.3 is 15.0 Å². The van der Waals surface area contributed by atoms with E-state index < -0.39 is 5.54 Å². The fraction of sp³-hybridized carbons (Fsp3) is 0.320. The number of methoxy groups -OCH3 is 1. The average Bonchev–Trinajstić information content (AvgIpc) is 3.56. The molecule has 7 heteroatoms. The van der Waals surface area contributed by atoms with Gasteiger partial charge in [0.2, 0.25) is 5.91 Å². The molecule has 7 nitrogen and oxygen atoms in total. The topological polar surface area (TPSA) is 76.5 Å². The molecule has 1 aliphatic carbocycles. The number of benzene rings is 2. The molecule has 1 aromatic heterocycles. The van der Waals surface area contributed by atoms with Gasteiger partial charge in [0.1, 0.15) is 17.0 Å². The van der Waals surface area contributed by atoms with Crippen molar-refractivity contribution in [2.24, 2.45) is 0 Å². The molecule has 1 atom stereocenters. The number of nitrogens with zero attached hydrogens (tertiary/aromatic N) is 3. The van der Waals surface area contributed by atoms with Crippen LogP contribution in [0.4, 0.5) is 0 Å². The van der Waals surface area contributed by atoms with Gasteiger partial charge in [0, 0.05) is 18.2 Å². The molecule has 1 aliphatic heterocycles. The first-order valence-corrected chi connectivity index (χ1v) is 10.9. The summed E-state index contributed by atoms with van der Waals surface area (Å²) in [6.45, 7) is 2.59. The molecular weight excluding hydrogens is 404 g/mol. The van der Waals surface area contributed by atoms with E-state index in [1.54, 1.807) is 16.7 Å². The zero-order valence-electron chi connectivity index (χ0n) is 18.2. The van der Waals surface area contributed by atoms with Crippen molar-refractivity contribution in [3.8, 4) is 17.0 Å². The summed E-state index contributed by atoms with van der Waals surface area (Å²) in [6, 6.07) is 19.3. The van der Waals surface area contributed by atoms with Gasteiger partial charge in [-0.15, -0.1) is 0 Å². The van der Waals surface area contributed by atoms with Crippen molar-refractivity contribution in [2.75, 3.05) is 7.11 Å². The number of aromatic nitrogens is 2. The predicted molar refractivity (Wildman–Crippen MR) is 120 cm³/mol. The van der Waals surface area contributed by atoms with Crippen LogP contribution in [0.15, 0.2) is 60.7 Å². The number of rotatable bonds is 6. The van der Waals surface area contributed by atoms with Crippen LogP contribution in [0.25, 0.3) is 11.3 Å². The number of ether oxygens (including phenoxy) is 1. The molecule has 0 bridgehead atoms. The number of carbonyl (C=O) groups excluding carboxylic acids is 2. The SMILES string of the molecule is COc1ccc(-c2cc3n(n2)C[C@@](C)(C(=O)NCc2ccccc2)N(C2CC2)C3=O)cc1. The summed E-state index contributed by atoms with van der Waals surface area (Å²) in [5.41, 5.74) is 2.15. The molecule has 3 aromatic rings. The molecule has 32 heavy (non-hydrogen) atoms. The first-order chi connectivity index (χ1) is 15.5. The maximum atomic E-state index is 13.5. The predicted octanol–water partition coefficient (Wildman–Crippen LogP) is 3.25. The van der Waals surface area contributed by atoms with Gasteiger partial charge in [-0.2, -0.15) is 5.10 Å². The van der Waals surface area contributed by atoms with Crippen LogP contribution in [0.3, 0.4) is 0 Å². The molecule has 0 unspecified atom stereocenters. The third-order valence-corrected chi connectivity index (χ3v) is 6.29. The summed E-state index contributed by atoms with van der Waals surface area (Å²) >= 11 is 0. The summed E-state index contributed by atoms with van der Waals surface area (Å²) in [5.74, 6) is 0.466. The minimum Gasteiger partial charge on any atom is -0.497 e. The minimum absolute atomic E-state index is 0.100. The number of carbonyl (C=O) groups is 2. The number of hydrogen-bond acceptors (Lipinski definition) is 4. The number of fused-ring (bicyclic) bond motifs is 1. The molecule has 2 amide bonds. The molecule has 164 valence electrons. The van der Waals surface area contributed by atoms with Gasteiger partial charge in [-0.05, 0) is 55.7 Å². The normalized spacial score (nSPS) is 20.1. The molecule has 2 heterocycles. The van der Waals surface area contributed by atoms with Gasteiger partial charge in [-0.25, -0.2) is 0 Å². The monoisotopic (exact) mass is 430 g/mol. The smallest absolute Gasteiger partial charge is 0.273 e. The van der Waals surface area contributed by atoms with E-state index in [2.05, 4.69) is 10.4 Å². The Labute approximate surface area is 187 Å². The highest BCUT2D eigenvalue weighted by Crippen LogP contribution is 2.39. The highest BCUT2D eigenvalue weighted by molar-refractivity contribution is 6.00. The first kappa shape index (κ1) is 20.3. The Bertz CT molecular complexity index is 1150. The Balaban J connectivity index is 1.44. The molecule has 1 N–H and O–H groups in total. The first-order valence-electron chi connectivity index (χ1n) is 10.9. The van der Waals surface area contributed by atoms with Gasteiger partial charge in [0.05, 0.1) is 19.3 Å². The maximum absolute atomic E-state index is 13.5. The number of hydrogen-bond donors (Lipinski definition) is 1. The summed E-state index contributed by atoms with van der Waals surface area (Å²) in [7, 11) is 1.62. The lowest BCUT2D eigenvalue weighted by Crippen LogP contribution is -2.64. The van der Waals surface area contributed by atoms with E-state index >= 15 is 0 Å². The van der Waals surface area contributed by atoms with Crippen molar-refractivity contribution >= 4 is 11.8 Å². The van der Waals surface area contributed by atoms with E-state index in [-0.39, 0.29) is 17.9 Å². The Morgan fingerprint density at radius 2 is 1.88 bits per heavy atom. The molecule has 0 saturated heterocycles. The minimum atomic E-state index is -0.997. The second-order valence-electron chi connectivity index (χ2n) is 8.65. The van der Waals surface area contributed by atoms with E-state index in [1.165, 1.54) is 0 Å². The fourth-order valence-electron chi connectivity index (χ4n) is 4.38. The highest BCUT2D eigenvalue weighted by atomic mass is 16.5. The lowest BCUT2D eigenvalue weighted by atomic mass is 9.94. The van der Waals surface area contributed by atoms with Crippen LogP contribution in [0.2, 0.25) is 0 Å². The average molecular weight is 431 g/mol. The fourth-order valence-corrected chi connectivity index (χ4v) is 4.38. The zero-order valence-corrected chi connectivity index (χ0v) is 18.2. The Kier molecular flexibility index (Phi) is 4.96. The van der Waals surface area contributed by atoms with E-state index in [4.69, 9.17) is 4.74 Å². The summed E-state index contributed by atoms with van der Waals surface area (Å²) < 4.78 is 6.91. The lowest BCUT2D eigenvalue weighted by molar-refractivity contribution is -0.133. The Hall–Kier alpha value is -3.61. The van der Waals surface area contributed by atoms with Crippen LogP contribution >= 0.6 is 0 Å². The lowest BCUT2D eigenvalue weighted by Gasteiger charge is -2.43. The van der Waals surface area contributed by atoms with Crippen molar-refractivity contribution < 1.29 is 14.3 Å². The standard InChI is InChI=1S/C25H26N4O3/c1-25(24(31)26-15-17-6-4-3-5-7-17)16-28-22(23(30)29(25)19-10-11-19)14-21(27-28)18-8-12-20(32-2)13-9-18/h3-9,12-14,19H,10-11,15-16H2,1-2H3,(H,26,31)/t25-/m0/s1. The van der Waals surface area contributed by atoms with E-state index in [1.807, 2.05) is 67.6 Å². The quantitative estimate of drug-likeness (QED) is 0.651. The second kappa shape index (κ2) is 7.82. The zero-order chi connectivity index (χ0) is 22.3. The van der Waals surface area contributed by atoms with Crippen LogP contribution in [0.5, 0.6) is 5.75 Å². The van der Waals surface area contributed by atoms with E-state index in [9.17, 15) is 9.59 Å². The van der Waals surface area contributed by atoms with Crippen molar-refractivity contribution in [1.82, 2.24) is 20.0 Å². The maximum Gasteiger partial charge on any atom is 0.273 e. The van der Waals surface area contributed by atoms with Gasteiger partial charge in [0.25, 0.3) is 5.91 Å². The highest BCUT2D eigenvalue weighted by Gasteiger charge is 2.53. The van der Waals surface area contributed by atoms with Crippen molar-refractivity contribution in [3.05, 3.63) is 71.9 Å². The summed E-state index contributed by atoms with van der Waals surface area (Å²) in [6.07, 6.45) is 1.85. The van der Waals surface area contributed by atoms with Crippen LogP contribution in [-0.4, -0.2) is 45.2 Å².